The van der Waals surface area contributed by atoms with Gasteiger partial charge in [-0.25, -0.2) is 12.8 Å². The number of amides is 1. The fourth-order valence-corrected chi connectivity index (χ4v) is 4.90. The number of carbonyl (C=O) groups is 1. The lowest BCUT2D eigenvalue weighted by molar-refractivity contribution is 0.0788. The van der Waals surface area contributed by atoms with Gasteiger partial charge in [0.15, 0.2) is 0 Å². The van der Waals surface area contributed by atoms with Crippen molar-refractivity contribution in [3.8, 4) is 0 Å². The molecular weight excluding hydrogens is 357 g/mol. The van der Waals surface area contributed by atoms with Crippen LogP contribution in [-0.2, 0) is 17.1 Å². The summed E-state index contributed by atoms with van der Waals surface area (Å²) >= 11 is 0. The molecule has 1 fully saturated rings. The van der Waals surface area contributed by atoms with Gasteiger partial charge < -0.3 is 9.47 Å². The van der Waals surface area contributed by atoms with E-state index in [0.29, 0.717) is 24.5 Å². The number of likely N-dealkylation sites (tertiary alicyclic amines) is 1. The molecule has 6 nitrogen and oxygen atoms in total. The fraction of sp³-hybridized carbons (Fsp3) is 0.389. The third kappa shape index (κ3) is 3.21. The minimum Gasteiger partial charge on any atom is -0.350 e. The zero-order valence-corrected chi connectivity index (χ0v) is 15.9. The van der Waals surface area contributed by atoms with E-state index in [1.165, 1.54) is 18.2 Å². The highest BCUT2D eigenvalue weighted by Gasteiger charge is 2.33. The molecule has 0 bridgehead atoms. The van der Waals surface area contributed by atoms with Gasteiger partial charge in [-0.05, 0) is 44.9 Å². The first kappa shape index (κ1) is 18.4. The first-order chi connectivity index (χ1) is 12.2. The number of benzene rings is 1. The Bertz CT molecular complexity index is 960. The van der Waals surface area contributed by atoms with Crippen molar-refractivity contribution in [2.24, 2.45) is 7.05 Å². The van der Waals surface area contributed by atoms with Crippen molar-refractivity contribution >= 4 is 21.6 Å². The number of anilines is 1. The van der Waals surface area contributed by atoms with E-state index in [-0.39, 0.29) is 22.1 Å². The summed E-state index contributed by atoms with van der Waals surface area (Å²) in [6, 6.07) is 5.23. The van der Waals surface area contributed by atoms with Gasteiger partial charge in [-0.15, -0.1) is 0 Å². The van der Waals surface area contributed by atoms with Crippen molar-refractivity contribution in [2.45, 2.75) is 31.6 Å². The predicted octanol–water partition coefficient (Wildman–Crippen LogP) is 2.82. The second-order valence-electron chi connectivity index (χ2n) is 6.55. The molecule has 1 N–H and O–H groups in total. The van der Waals surface area contributed by atoms with Crippen LogP contribution in [0.5, 0.6) is 0 Å². The summed E-state index contributed by atoms with van der Waals surface area (Å²) in [5.41, 5.74) is 1.37. The Morgan fingerprint density at radius 2 is 1.81 bits per heavy atom. The van der Waals surface area contributed by atoms with E-state index in [2.05, 4.69) is 4.72 Å². The molecule has 0 aliphatic carbocycles. The number of sulfonamides is 1. The molecule has 1 aromatic carbocycles. The van der Waals surface area contributed by atoms with Crippen LogP contribution in [0, 0.1) is 19.7 Å². The number of nitrogens with one attached hydrogen (secondary N) is 1. The largest absolute Gasteiger partial charge is 0.350 e. The highest BCUT2D eigenvalue weighted by Crippen LogP contribution is 2.30. The van der Waals surface area contributed by atoms with Crippen LogP contribution in [0.3, 0.4) is 0 Å². The predicted molar refractivity (Wildman–Crippen MR) is 97.2 cm³/mol. The summed E-state index contributed by atoms with van der Waals surface area (Å²) in [4.78, 5) is 14.6. The van der Waals surface area contributed by atoms with Crippen LogP contribution in [0.4, 0.5) is 10.1 Å². The van der Waals surface area contributed by atoms with Crippen molar-refractivity contribution in [2.75, 3.05) is 17.8 Å². The SMILES string of the molecule is Cc1c(C(=O)N2CCCC2)c(S(=O)(=O)Nc2cccc(F)c2)c(C)n1C. The fourth-order valence-electron chi connectivity index (χ4n) is 3.33. The first-order valence-corrected chi connectivity index (χ1v) is 9.94. The molecule has 1 aromatic heterocycles. The van der Waals surface area contributed by atoms with Gasteiger partial charge in [0.25, 0.3) is 15.9 Å². The third-order valence-electron chi connectivity index (χ3n) is 4.88. The highest BCUT2D eigenvalue weighted by atomic mass is 32.2. The molecule has 1 aliphatic heterocycles. The van der Waals surface area contributed by atoms with Crippen LogP contribution in [0.1, 0.15) is 34.6 Å². The topological polar surface area (TPSA) is 71.4 Å². The molecular formula is C18H22FN3O3S. The number of aromatic nitrogens is 1. The summed E-state index contributed by atoms with van der Waals surface area (Å²) in [7, 11) is -2.32. The van der Waals surface area contributed by atoms with E-state index in [4.69, 9.17) is 0 Å². The Kier molecular flexibility index (Phi) is 4.79. The van der Waals surface area contributed by atoms with E-state index in [1.54, 1.807) is 30.4 Å². The maximum absolute atomic E-state index is 13.4. The van der Waals surface area contributed by atoms with E-state index in [0.717, 1.165) is 18.9 Å². The minimum atomic E-state index is -4.05. The third-order valence-corrected chi connectivity index (χ3v) is 6.42. The molecule has 0 unspecified atom stereocenters. The number of hydrogen-bond acceptors (Lipinski definition) is 3. The maximum Gasteiger partial charge on any atom is 0.264 e. The summed E-state index contributed by atoms with van der Waals surface area (Å²) in [5, 5.41) is 0. The zero-order chi connectivity index (χ0) is 19.1. The quantitative estimate of drug-likeness (QED) is 0.888. The molecule has 26 heavy (non-hydrogen) atoms. The Morgan fingerprint density at radius 1 is 1.15 bits per heavy atom. The Morgan fingerprint density at radius 3 is 2.42 bits per heavy atom. The molecule has 8 heteroatoms. The number of hydrogen-bond donors (Lipinski definition) is 1. The average Bonchev–Trinajstić information content (AvgIpc) is 3.17. The summed E-state index contributed by atoms with van der Waals surface area (Å²) < 4.78 is 43.5. The van der Waals surface area contributed by atoms with E-state index in [1.807, 2.05) is 0 Å². The summed E-state index contributed by atoms with van der Waals surface area (Å²) in [5.74, 6) is -0.817. The molecule has 0 atom stereocenters. The van der Waals surface area contributed by atoms with Gasteiger partial charge in [0.05, 0.1) is 11.3 Å². The standard InChI is InChI=1S/C18H22FN3O3S/c1-12-16(18(23)22-9-4-5-10-22)17(13(2)21(12)3)26(24,25)20-15-8-6-7-14(19)11-15/h6-8,11,20H,4-5,9-10H2,1-3H3. The van der Waals surface area contributed by atoms with Gasteiger partial charge in [0.2, 0.25) is 0 Å². The molecule has 1 saturated heterocycles. The number of nitrogens with zero attached hydrogens (tertiary/aromatic N) is 2. The highest BCUT2D eigenvalue weighted by molar-refractivity contribution is 7.92. The van der Waals surface area contributed by atoms with Gasteiger partial charge in [-0.3, -0.25) is 9.52 Å². The van der Waals surface area contributed by atoms with E-state index < -0.39 is 15.8 Å². The van der Waals surface area contributed by atoms with Crippen LogP contribution in [0.25, 0.3) is 0 Å². The average molecular weight is 379 g/mol. The molecule has 1 amide bonds. The monoisotopic (exact) mass is 379 g/mol. The molecule has 2 aromatic rings. The Balaban J connectivity index is 2.08. The van der Waals surface area contributed by atoms with Crippen molar-refractivity contribution < 1.29 is 17.6 Å². The van der Waals surface area contributed by atoms with Crippen LogP contribution < -0.4 is 4.72 Å². The molecule has 1 aliphatic rings. The summed E-state index contributed by atoms with van der Waals surface area (Å²) in [6.45, 7) is 4.65. The van der Waals surface area contributed by atoms with Crippen LogP contribution in [0.2, 0.25) is 0 Å². The van der Waals surface area contributed by atoms with Crippen LogP contribution in [-0.4, -0.2) is 36.9 Å². The smallest absolute Gasteiger partial charge is 0.264 e. The number of carbonyl (C=O) groups excluding carboxylic acids is 1. The summed E-state index contributed by atoms with van der Waals surface area (Å²) in [6.07, 6.45) is 1.83. The van der Waals surface area contributed by atoms with Crippen LogP contribution >= 0.6 is 0 Å². The van der Waals surface area contributed by atoms with Gasteiger partial charge in [-0.1, -0.05) is 6.07 Å². The lowest BCUT2D eigenvalue weighted by atomic mass is 10.2. The normalized spacial score (nSPS) is 14.7. The van der Waals surface area contributed by atoms with E-state index in [9.17, 15) is 17.6 Å². The molecule has 0 radical (unpaired) electrons. The Labute approximate surface area is 152 Å². The zero-order valence-electron chi connectivity index (χ0n) is 15.0. The van der Waals surface area contributed by atoms with Gasteiger partial charge >= 0.3 is 0 Å². The van der Waals surface area contributed by atoms with Crippen LogP contribution in [0.15, 0.2) is 29.2 Å². The second kappa shape index (κ2) is 6.75. The Hall–Kier alpha value is -2.35. The number of rotatable bonds is 4. The maximum atomic E-state index is 13.4. The van der Waals surface area contributed by atoms with Crippen molar-refractivity contribution in [3.05, 3.63) is 47.0 Å². The van der Waals surface area contributed by atoms with E-state index >= 15 is 0 Å². The second-order valence-corrected chi connectivity index (χ2v) is 8.17. The first-order valence-electron chi connectivity index (χ1n) is 8.46. The molecule has 3 rings (SSSR count). The molecule has 140 valence electrons. The van der Waals surface area contributed by atoms with Gasteiger partial charge in [0, 0.05) is 31.5 Å². The van der Waals surface area contributed by atoms with Crippen molar-refractivity contribution in [1.82, 2.24) is 9.47 Å². The molecule has 0 saturated carbocycles. The molecule has 0 spiro atoms. The lowest BCUT2D eigenvalue weighted by Gasteiger charge is -2.17. The number of halogens is 1. The minimum absolute atomic E-state index is 0.0429. The van der Waals surface area contributed by atoms with Gasteiger partial charge in [0.1, 0.15) is 10.7 Å². The molecule has 2 heterocycles. The van der Waals surface area contributed by atoms with Crippen molar-refractivity contribution in [1.29, 1.82) is 0 Å². The van der Waals surface area contributed by atoms with Crippen molar-refractivity contribution in [3.63, 3.8) is 0 Å². The van der Waals surface area contributed by atoms with Gasteiger partial charge in [-0.2, -0.15) is 0 Å². The lowest BCUT2D eigenvalue weighted by Crippen LogP contribution is -2.30.